The number of likely N-dealkylation sites (tertiary alicyclic amines) is 1. The van der Waals surface area contributed by atoms with Crippen LogP contribution in [0.4, 0.5) is 0 Å². The second kappa shape index (κ2) is 11.2. The summed E-state index contributed by atoms with van der Waals surface area (Å²) in [5.74, 6) is 1.00. The van der Waals surface area contributed by atoms with E-state index in [2.05, 4.69) is 63.7 Å². The molecule has 2 aliphatic rings. The van der Waals surface area contributed by atoms with Crippen molar-refractivity contribution in [2.24, 2.45) is 11.5 Å². The summed E-state index contributed by atoms with van der Waals surface area (Å²) in [6.45, 7) is 13.7. The van der Waals surface area contributed by atoms with E-state index in [-0.39, 0.29) is 12.1 Å². The number of benzene rings is 2. The van der Waals surface area contributed by atoms with E-state index < -0.39 is 11.3 Å². The number of nitriles is 1. The summed E-state index contributed by atoms with van der Waals surface area (Å²) in [5.41, 5.74) is 18.3. The summed E-state index contributed by atoms with van der Waals surface area (Å²) in [6, 6.07) is 14.3. The van der Waals surface area contributed by atoms with Gasteiger partial charge in [0.05, 0.1) is 11.5 Å². The Morgan fingerprint density at radius 3 is 2.41 bits per heavy atom. The Kier molecular flexibility index (Phi) is 7.70. The normalized spacial score (nSPS) is 20.4. The Morgan fingerprint density at radius 1 is 1.17 bits per heavy atom. The number of hydrogen-bond acceptors (Lipinski definition) is 7. The predicted molar refractivity (Wildman–Crippen MR) is 160 cm³/mol. The first-order valence-electron chi connectivity index (χ1n) is 14.1. The average molecular weight is 551 g/mol. The van der Waals surface area contributed by atoms with Gasteiger partial charge in [0.2, 0.25) is 5.91 Å². The van der Waals surface area contributed by atoms with Crippen LogP contribution in [0.1, 0.15) is 76.0 Å². The van der Waals surface area contributed by atoms with Crippen LogP contribution in [0, 0.1) is 18.3 Å². The van der Waals surface area contributed by atoms with Gasteiger partial charge in [0, 0.05) is 36.1 Å². The number of carbonyl (C=O) groups excluding carboxylic acids is 1. The summed E-state index contributed by atoms with van der Waals surface area (Å²) < 4.78 is 0. The van der Waals surface area contributed by atoms with Gasteiger partial charge in [-0.25, -0.2) is 0 Å². The van der Waals surface area contributed by atoms with Crippen molar-refractivity contribution in [2.45, 2.75) is 63.5 Å². The summed E-state index contributed by atoms with van der Waals surface area (Å²) in [6.07, 6.45) is 4.00. The SMILES string of the molecule is C=C(N)c1ccc2c(c1)CCc1cc(C(N)=O)ccc1C2(C[C@H](C)NCC(=C)N1CCCC1C#N)c1nnc(C)[nH]1. The van der Waals surface area contributed by atoms with E-state index in [9.17, 15) is 10.1 Å². The lowest BCUT2D eigenvalue weighted by Crippen LogP contribution is -2.42. The summed E-state index contributed by atoms with van der Waals surface area (Å²) in [5, 5.41) is 22.3. The molecule has 2 aromatic carbocycles. The van der Waals surface area contributed by atoms with Crippen LogP contribution in [0.25, 0.3) is 5.70 Å². The van der Waals surface area contributed by atoms with Crippen LogP contribution in [-0.2, 0) is 18.3 Å². The molecule has 1 aliphatic heterocycles. The third-order valence-corrected chi connectivity index (χ3v) is 8.53. The molecule has 212 valence electrons. The van der Waals surface area contributed by atoms with E-state index in [1.165, 1.54) is 0 Å². The minimum Gasteiger partial charge on any atom is -0.399 e. The first-order valence-corrected chi connectivity index (χ1v) is 14.1. The molecule has 2 heterocycles. The molecule has 41 heavy (non-hydrogen) atoms. The lowest BCUT2D eigenvalue weighted by molar-refractivity contribution is 0.1000. The molecule has 0 bridgehead atoms. The van der Waals surface area contributed by atoms with Crippen LogP contribution >= 0.6 is 0 Å². The fraction of sp³-hybridized carbons (Fsp3) is 0.375. The molecule has 0 saturated carbocycles. The van der Waals surface area contributed by atoms with Gasteiger partial charge in [0.25, 0.3) is 0 Å². The molecular weight excluding hydrogens is 512 g/mol. The predicted octanol–water partition coefficient (Wildman–Crippen LogP) is 3.44. The number of aromatic amines is 1. The van der Waals surface area contributed by atoms with Crippen molar-refractivity contribution in [3.63, 3.8) is 0 Å². The lowest BCUT2D eigenvalue weighted by atomic mass is 9.67. The average Bonchev–Trinajstić information content (AvgIpc) is 3.60. The topological polar surface area (TPSA) is 150 Å². The highest BCUT2D eigenvalue weighted by Crippen LogP contribution is 2.47. The van der Waals surface area contributed by atoms with Crippen molar-refractivity contribution in [2.75, 3.05) is 13.1 Å². The van der Waals surface area contributed by atoms with Crippen LogP contribution < -0.4 is 16.8 Å². The number of primary amides is 1. The molecule has 0 spiro atoms. The van der Waals surface area contributed by atoms with Crippen LogP contribution in [0.3, 0.4) is 0 Å². The molecule has 1 aliphatic carbocycles. The Morgan fingerprint density at radius 2 is 1.83 bits per heavy atom. The smallest absolute Gasteiger partial charge is 0.248 e. The van der Waals surface area contributed by atoms with Gasteiger partial charge in [-0.2, -0.15) is 5.26 Å². The van der Waals surface area contributed by atoms with Gasteiger partial charge >= 0.3 is 0 Å². The van der Waals surface area contributed by atoms with E-state index in [1.54, 1.807) is 6.07 Å². The zero-order valence-electron chi connectivity index (χ0n) is 23.8. The molecule has 3 aromatic rings. The standard InChI is InChI=1S/C32H38N8O/c1-19(36-18-20(2)40-13-5-6-27(40)17-33)16-32(31-37-22(4)38-39-31)28-11-9-23(21(3)34)14-24(28)7-8-25-15-26(30(35)41)10-12-29(25)32/h9-12,14-15,19,27,36H,2-3,5-8,13,16,18,34H2,1,4H3,(H2,35,41)(H,37,38,39)/t19-,27?,32?/m0/s1. The number of carbonyl (C=O) groups is 1. The van der Waals surface area contributed by atoms with Gasteiger partial charge < -0.3 is 26.7 Å². The van der Waals surface area contributed by atoms with E-state index in [4.69, 9.17) is 11.5 Å². The van der Waals surface area contributed by atoms with Crippen LogP contribution in [0.5, 0.6) is 0 Å². The van der Waals surface area contributed by atoms with Gasteiger partial charge in [-0.05, 0) is 92.0 Å². The van der Waals surface area contributed by atoms with Crippen molar-refractivity contribution in [1.29, 1.82) is 5.26 Å². The second-order valence-electron chi connectivity index (χ2n) is 11.3. The highest BCUT2D eigenvalue weighted by molar-refractivity contribution is 5.93. The zero-order chi connectivity index (χ0) is 29.3. The molecule has 9 nitrogen and oxygen atoms in total. The quantitative estimate of drug-likeness (QED) is 0.319. The third kappa shape index (κ3) is 5.23. The summed E-state index contributed by atoms with van der Waals surface area (Å²) in [7, 11) is 0. The van der Waals surface area contributed by atoms with Gasteiger partial charge in [-0.1, -0.05) is 31.4 Å². The highest BCUT2D eigenvalue weighted by atomic mass is 16.1. The molecule has 1 amide bonds. The molecule has 9 heteroatoms. The Hall–Kier alpha value is -4.42. The second-order valence-corrected chi connectivity index (χ2v) is 11.3. The zero-order valence-corrected chi connectivity index (χ0v) is 23.8. The Labute approximate surface area is 241 Å². The lowest BCUT2D eigenvalue weighted by Gasteiger charge is -2.37. The summed E-state index contributed by atoms with van der Waals surface area (Å²) >= 11 is 0. The maximum atomic E-state index is 12.2. The molecule has 6 N–H and O–H groups in total. The molecule has 3 atom stereocenters. The van der Waals surface area contributed by atoms with Crippen LogP contribution in [0.2, 0.25) is 0 Å². The summed E-state index contributed by atoms with van der Waals surface area (Å²) in [4.78, 5) is 17.7. The van der Waals surface area contributed by atoms with Crippen LogP contribution in [0.15, 0.2) is 55.3 Å². The number of nitrogens with zero attached hydrogens (tertiary/aromatic N) is 4. The monoisotopic (exact) mass is 550 g/mol. The van der Waals surface area contributed by atoms with Crippen molar-refractivity contribution < 1.29 is 4.79 Å². The molecule has 1 saturated heterocycles. The minimum atomic E-state index is -0.705. The van der Waals surface area contributed by atoms with Crippen molar-refractivity contribution >= 4 is 11.6 Å². The van der Waals surface area contributed by atoms with Gasteiger partial charge in [-0.15, -0.1) is 10.2 Å². The van der Waals surface area contributed by atoms with Crippen molar-refractivity contribution in [1.82, 2.24) is 25.4 Å². The number of hydrogen-bond donors (Lipinski definition) is 4. The number of rotatable bonds is 9. The number of amides is 1. The minimum absolute atomic E-state index is 0.0130. The van der Waals surface area contributed by atoms with Crippen molar-refractivity contribution in [3.05, 3.63) is 100 Å². The largest absolute Gasteiger partial charge is 0.399 e. The number of aryl methyl sites for hydroxylation is 3. The first kappa shape index (κ1) is 28.1. The highest BCUT2D eigenvalue weighted by Gasteiger charge is 2.45. The van der Waals surface area contributed by atoms with E-state index in [0.717, 1.165) is 77.4 Å². The van der Waals surface area contributed by atoms with E-state index in [0.29, 0.717) is 24.2 Å². The molecule has 1 aromatic heterocycles. The third-order valence-electron chi connectivity index (χ3n) is 8.53. The number of H-pyrrole nitrogens is 1. The number of aromatic nitrogens is 3. The maximum Gasteiger partial charge on any atom is 0.248 e. The Bertz CT molecular complexity index is 1480. The molecule has 2 unspecified atom stereocenters. The van der Waals surface area contributed by atoms with Crippen molar-refractivity contribution in [3.8, 4) is 6.07 Å². The van der Waals surface area contributed by atoms with E-state index in [1.807, 2.05) is 25.1 Å². The number of nitrogens with one attached hydrogen (secondary N) is 2. The maximum absolute atomic E-state index is 12.2. The fourth-order valence-electron chi connectivity index (χ4n) is 6.52. The molecular formula is C32H38N8O. The molecule has 1 fully saturated rings. The molecule has 0 radical (unpaired) electrons. The first-order chi connectivity index (χ1) is 19.6. The van der Waals surface area contributed by atoms with E-state index >= 15 is 0 Å². The number of fused-ring (bicyclic) bond motifs is 2. The number of nitrogens with two attached hydrogens (primary N) is 2. The van der Waals surface area contributed by atoms with Crippen LogP contribution in [-0.4, -0.2) is 51.2 Å². The Balaban J connectivity index is 1.61. The fourth-order valence-corrected chi connectivity index (χ4v) is 6.52. The van der Waals surface area contributed by atoms with Gasteiger partial charge in [-0.3, -0.25) is 4.79 Å². The molecule has 5 rings (SSSR count). The van der Waals surface area contributed by atoms with Gasteiger partial charge in [0.15, 0.2) is 0 Å². The van der Waals surface area contributed by atoms with Gasteiger partial charge in [0.1, 0.15) is 17.7 Å².